The number of imidazole rings is 1. The molecule has 1 saturated carbocycles. The van der Waals surface area contributed by atoms with E-state index in [-0.39, 0.29) is 0 Å². The Morgan fingerprint density at radius 3 is 2.75 bits per heavy atom. The van der Waals surface area contributed by atoms with Crippen molar-refractivity contribution < 1.29 is 4.74 Å². The molecular formula is C24H25N3O. The summed E-state index contributed by atoms with van der Waals surface area (Å²) >= 11 is 0. The smallest absolute Gasteiger partial charge is 0.114 e. The van der Waals surface area contributed by atoms with E-state index in [0.717, 1.165) is 23.3 Å². The maximum absolute atomic E-state index is 5.38. The van der Waals surface area contributed by atoms with Gasteiger partial charge in [0.15, 0.2) is 0 Å². The van der Waals surface area contributed by atoms with Crippen molar-refractivity contribution in [3.05, 3.63) is 78.3 Å². The van der Waals surface area contributed by atoms with E-state index in [9.17, 15) is 0 Å². The third-order valence-corrected chi connectivity index (χ3v) is 6.09. The summed E-state index contributed by atoms with van der Waals surface area (Å²) in [5.41, 5.74) is 5.85. The molecule has 1 heterocycles. The summed E-state index contributed by atoms with van der Waals surface area (Å²) in [4.78, 5) is 7.47. The fraction of sp³-hybridized carbons (Fsp3) is 0.292. The molecule has 1 fully saturated rings. The molecule has 2 aliphatic rings. The zero-order chi connectivity index (χ0) is 18.9. The summed E-state index contributed by atoms with van der Waals surface area (Å²) in [7, 11) is 1.75. The Labute approximate surface area is 165 Å². The van der Waals surface area contributed by atoms with Crippen LogP contribution in [0.15, 0.2) is 72.8 Å². The maximum Gasteiger partial charge on any atom is 0.114 e. The fourth-order valence-corrected chi connectivity index (χ4v) is 4.50. The van der Waals surface area contributed by atoms with E-state index >= 15 is 0 Å². The molecule has 3 aromatic rings. The lowest BCUT2D eigenvalue weighted by atomic mass is 9.91. The van der Waals surface area contributed by atoms with Crippen LogP contribution in [0.5, 0.6) is 0 Å². The minimum Gasteiger partial charge on any atom is -0.497 e. The molecule has 0 bridgehead atoms. The summed E-state index contributed by atoms with van der Waals surface area (Å²) < 4.78 is 5.38. The summed E-state index contributed by atoms with van der Waals surface area (Å²) in [5, 5.41) is 3.75. The molecule has 0 spiro atoms. The van der Waals surface area contributed by atoms with Gasteiger partial charge in [0.05, 0.1) is 24.5 Å². The van der Waals surface area contributed by atoms with E-state index in [0.29, 0.717) is 17.9 Å². The van der Waals surface area contributed by atoms with Crippen LogP contribution in [0.2, 0.25) is 0 Å². The van der Waals surface area contributed by atoms with E-state index < -0.39 is 0 Å². The van der Waals surface area contributed by atoms with Crippen molar-refractivity contribution in [1.29, 1.82) is 0 Å². The number of nitrogens with zero attached hydrogens (tertiary/aromatic N) is 1. The average molecular weight is 371 g/mol. The molecule has 3 atom stereocenters. The number of fused-ring (bicyclic) bond motifs is 2. The van der Waals surface area contributed by atoms with Crippen molar-refractivity contribution in [2.24, 2.45) is 11.8 Å². The first-order valence-corrected chi connectivity index (χ1v) is 9.98. The Morgan fingerprint density at radius 1 is 1.07 bits per heavy atom. The molecule has 5 rings (SSSR count). The van der Waals surface area contributed by atoms with Crippen LogP contribution in [0.1, 0.15) is 18.4 Å². The lowest BCUT2D eigenvalue weighted by Gasteiger charge is -2.17. The average Bonchev–Trinajstić information content (AvgIpc) is 3.37. The van der Waals surface area contributed by atoms with Gasteiger partial charge in [-0.3, -0.25) is 0 Å². The first kappa shape index (κ1) is 17.3. The SMILES string of the molecule is COC1=CC2CC(NCc3ccc(-c4ccc5nc[nH]c5c4)cc3)CC2C=C1. The van der Waals surface area contributed by atoms with Gasteiger partial charge in [-0.25, -0.2) is 4.98 Å². The van der Waals surface area contributed by atoms with Gasteiger partial charge in [0.2, 0.25) is 0 Å². The van der Waals surface area contributed by atoms with Gasteiger partial charge >= 0.3 is 0 Å². The van der Waals surface area contributed by atoms with Gasteiger partial charge in [-0.1, -0.05) is 36.4 Å². The Balaban J connectivity index is 1.21. The third-order valence-electron chi connectivity index (χ3n) is 6.09. The zero-order valence-corrected chi connectivity index (χ0v) is 16.1. The van der Waals surface area contributed by atoms with Gasteiger partial charge in [-0.2, -0.15) is 0 Å². The predicted octanol–water partition coefficient (Wildman–Crippen LogP) is 4.81. The van der Waals surface area contributed by atoms with Crippen molar-refractivity contribution in [3.8, 4) is 11.1 Å². The Kier molecular flexibility index (Phi) is 4.49. The van der Waals surface area contributed by atoms with Crippen LogP contribution in [-0.4, -0.2) is 23.1 Å². The summed E-state index contributed by atoms with van der Waals surface area (Å²) in [6.45, 7) is 0.911. The van der Waals surface area contributed by atoms with Crippen molar-refractivity contribution in [1.82, 2.24) is 15.3 Å². The van der Waals surface area contributed by atoms with Crippen molar-refractivity contribution in [2.45, 2.75) is 25.4 Å². The minimum atomic E-state index is 0.564. The van der Waals surface area contributed by atoms with Gasteiger partial charge < -0.3 is 15.0 Å². The van der Waals surface area contributed by atoms with Gasteiger partial charge in [-0.05, 0) is 65.7 Å². The van der Waals surface area contributed by atoms with Crippen LogP contribution in [0, 0.1) is 11.8 Å². The second kappa shape index (κ2) is 7.28. The third kappa shape index (κ3) is 3.36. The first-order valence-electron chi connectivity index (χ1n) is 9.98. The van der Waals surface area contributed by atoms with Crippen LogP contribution >= 0.6 is 0 Å². The molecule has 2 N–H and O–H groups in total. The van der Waals surface area contributed by atoms with Crippen LogP contribution < -0.4 is 5.32 Å². The van der Waals surface area contributed by atoms with Gasteiger partial charge in [0.25, 0.3) is 0 Å². The lowest BCUT2D eigenvalue weighted by molar-refractivity contribution is 0.296. The van der Waals surface area contributed by atoms with Crippen molar-refractivity contribution in [3.63, 3.8) is 0 Å². The molecule has 142 valence electrons. The van der Waals surface area contributed by atoms with E-state index in [2.05, 4.69) is 76.0 Å². The van der Waals surface area contributed by atoms with Gasteiger partial charge in [0.1, 0.15) is 5.76 Å². The second-order valence-corrected chi connectivity index (χ2v) is 7.84. The molecule has 2 aromatic carbocycles. The second-order valence-electron chi connectivity index (χ2n) is 7.84. The molecule has 0 aliphatic heterocycles. The van der Waals surface area contributed by atoms with Crippen molar-refractivity contribution >= 4 is 11.0 Å². The zero-order valence-electron chi connectivity index (χ0n) is 16.1. The highest BCUT2D eigenvalue weighted by Gasteiger charge is 2.33. The van der Waals surface area contributed by atoms with Crippen LogP contribution in [0.3, 0.4) is 0 Å². The van der Waals surface area contributed by atoms with Gasteiger partial charge in [-0.15, -0.1) is 0 Å². The number of methoxy groups -OCH3 is 1. The molecule has 1 aromatic heterocycles. The number of H-pyrrole nitrogens is 1. The highest BCUT2D eigenvalue weighted by molar-refractivity contribution is 5.81. The minimum absolute atomic E-state index is 0.564. The van der Waals surface area contributed by atoms with E-state index in [1.54, 1.807) is 13.4 Å². The Bertz CT molecular complexity index is 1030. The highest BCUT2D eigenvalue weighted by Crippen LogP contribution is 2.37. The summed E-state index contributed by atoms with van der Waals surface area (Å²) in [5.74, 6) is 2.26. The number of allylic oxidation sites excluding steroid dienone is 3. The van der Waals surface area contributed by atoms with Gasteiger partial charge in [0, 0.05) is 12.6 Å². The van der Waals surface area contributed by atoms with Crippen molar-refractivity contribution in [2.75, 3.05) is 7.11 Å². The number of hydrogen-bond acceptors (Lipinski definition) is 3. The normalized spacial score (nSPS) is 23.6. The van der Waals surface area contributed by atoms with E-state index in [4.69, 9.17) is 4.74 Å². The number of benzene rings is 2. The lowest BCUT2D eigenvalue weighted by Crippen LogP contribution is -2.26. The highest BCUT2D eigenvalue weighted by atomic mass is 16.5. The quantitative estimate of drug-likeness (QED) is 0.676. The van der Waals surface area contributed by atoms with Crippen LogP contribution in [-0.2, 0) is 11.3 Å². The monoisotopic (exact) mass is 371 g/mol. The first-order chi connectivity index (χ1) is 13.8. The van der Waals surface area contributed by atoms with E-state index in [1.807, 2.05) is 0 Å². The van der Waals surface area contributed by atoms with Crippen LogP contribution in [0.25, 0.3) is 22.2 Å². The number of hydrogen-bond donors (Lipinski definition) is 2. The molecule has 0 radical (unpaired) electrons. The molecule has 28 heavy (non-hydrogen) atoms. The fourth-order valence-electron chi connectivity index (χ4n) is 4.50. The number of nitrogens with one attached hydrogen (secondary N) is 2. The largest absolute Gasteiger partial charge is 0.497 e. The number of aromatic nitrogens is 2. The molecule has 0 amide bonds. The maximum atomic E-state index is 5.38. The number of rotatable bonds is 5. The number of aromatic amines is 1. The summed E-state index contributed by atoms with van der Waals surface area (Å²) in [6.07, 6.45) is 10.8. The Hall–Kier alpha value is -2.85. The van der Waals surface area contributed by atoms with Crippen LogP contribution in [0.4, 0.5) is 0 Å². The molecule has 4 nitrogen and oxygen atoms in total. The standard InChI is InChI=1S/C24H25N3O/c1-28-22-8-6-18-10-21(11-20(18)12-22)25-14-16-2-4-17(5-3-16)19-7-9-23-24(13-19)27-15-26-23/h2-9,12-13,15,18,20-21,25H,10-11,14H2,1H3,(H,26,27). The molecule has 4 heteroatoms. The Morgan fingerprint density at radius 2 is 1.89 bits per heavy atom. The molecular weight excluding hydrogens is 346 g/mol. The summed E-state index contributed by atoms with van der Waals surface area (Å²) in [6, 6.07) is 15.8. The molecule has 2 aliphatic carbocycles. The molecule has 3 unspecified atom stereocenters. The topological polar surface area (TPSA) is 49.9 Å². The van der Waals surface area contributed by atoms with E-state index in [1.165, 1.54) is 29.5 Å². The number of ether oxygens (including phenoxy) is 1. The molecule has 0 saturated heterocycles. The predicted molar refractivity (Wildman–Crippen MR) is 113 cm³/mol.